The highest BCUT2D eigenvalue weighted by Crippen LogP contribution is 2.89. The Kier molecular flexibility index (Phi) is 9.59. The molecule has 8 rings (SSSR count). The number of aliphatic hydroxyl groups excluding tert-OH is 7. The minimum atomic E-state index is -1.54. The SMILES string of the molecule is CCOC1OC2CC3(C)C4C(OC5OC(CO)C(O)C(O)C5O)CC5C(C)(C)C(OC6OCC(O)C(O)C6O)CCC56CC46CCC3(C)C2CC1C. The van der Waals surface area contributed by atoms with E-state index in [1.54, 1.807) is 0 Å². The van der Waals surface area contributed by atoms with Crippen molar-refractivity contribution in [2.24, 2.45) is 50.7 Å². The molecule has 0 bridgehead atoms. The topological polar surface area (TPSA) is 197 Å². The lowest BCUT2D eigenvalue weighted by Gasteiger charge is -2.65. The minimum Gasteiger partial charge on any atom is -0.394 e. The average molecular weight is 741 g/mol. The maximum atomic E-state index is 11.3. The number of hydrogen-bond acceptors (Lipinski definition) is 13. The molecule has 13 nitrogen and oxygen atoms in total. The van der Waals surface area contributed by atoms with E-state index in [4.69, 9.17) is 28.4 Å². The highest BCUT2D eigenvalue weighted by atomic mass is 16.7. The fourth-order valence-corrected chi connectivity index (χ4v) is 14.0. The Bertz CT molecular complexity index is 1330. The van der Waals surface area contributed by atoms with Crippen molar-refractivity contribution in [2.45, 2.75) is 173 Å². The van der Waals surface area contributed by atoms with Crippen molar-refractivity contribution in [1.82, 2.24) is 0 Å². The smallest absolute Gasteiger partial charge is 0.186 e. The van der Waals surface area contributed by atoms with Crippen LogP contribution in [0.25, 0.3) is 0 Å². The Balaban J connectivity index is 1.15. The van der Waals surface area contributed by atoms with Crippen LogP contribution < -0.4 is 0 Å². The van der Waals surface area contributed by atoms with Crippen LogP contribution in [0, 0.1) is 50.7 Å². The van der Waals surface area contributed by atoms with Crippen molar-refractivity contribution in [3.8, 4) is 0 Å². The summed E-state index contributed by atoms with van der Waals surface area (Å²) in [5.74, 6) is 0.841. The van der Waals surface area contributed by atoms with Gasteiger partial charge in [0.25, 0.3) is 0 Å². The third-order valence-corrected chi connectivity index (χ3v) is 16.8. The van der Waals surface area contributed by atoms with Gasteiger partial charge in [-0.2, -0.15) is 0 Å². The second-order valence-electron chi connectivity index (χ2n) is 19.2. The van der Waals surface area contributed by atoms with Crippen LogP contribution in [0.4, 0.5) is 0 Å². The molecule has 0 aromatic carbocycles. The average Bonchev–Trinajstić information content (AvgIpc) is 3.70. The molecule has 3 heterocycles. The summed E-state index contributed by atoms with van der Waals surface area (Å²) < 4.78 is 38.2. The Labute approximate surface area is 307 Å². The molecule has 7 N–H and O–H groups in total. The number of aliphatic hydroxyl groups is 7. The third kappa shape index (κ3) is 5.20. The highest BCUT2D eigenvalue weighted by molar-refractivity contribution is 5.33. The van der Waals surface area contributed by atoms with Gasteiger partial charge in [-0.05, 0) is 103 Å². The summed E-state index contributed by atoms with van der Waals surface area (Å²) in [5, 5.41) is 73.9. The zero-order valence-electron chi connectivity index (χ0n) is 31.7. The third-order valence-electron chi connectivity index (χ3n) is 16.8. The molecule has 3 aliphatic heterocycles. The highest BCUT2D eigenvalue weighted by Gasteiger charge is 2.85. The first-order valence-corrected chi connectivity index (χ1v) is 20.0. The predicted octanol–water partition coefficient (Wildman–Crippen LogP) is 1.44. The van der Waals surface area contributed by atoms with Gasteiger partial charge in [0.1, 0.15) is 42.7 Å². The van der Waals surface area contributed by atoms with Gasteiger partial charge in [-0.15, -0.1) is 0 Å². The maximum Gasteiger partial charge on any atom is 0.186 e. The fraction of sp³-hybridized carbons (Fsp3) is 1.00. The van der Waals surface area contributed by atoms with Gasteiger partial charge in [0.05, 0.1) is 31.5 Å². The van der Waals surface area contributed by atoms with E-state index in [1.165, 1.54) is 0 Å². The van der Waals surface area contributed by atoms with Crippen molar-refractivity contribution in [1.29, 1.82) is 0 Å². The summed E-state index contributed by atoms with van der Waals surface area (Å²) in [6.45, 7) is 13.5. The van der Waals surface area contributed by atoms with Crippen LogP contribution in [-0.2, 0) is 28.4 Å². The number of ether oxygens (including phenoxy) is 6. The van der Waals surface area contributed by atoms with Crippen LogP contribution in [0.2, 0.25) is 0 Å². The van der Waals surface area contributed by atoms with Crippen LogP contribution in [-0.4, -0.2) is 135 Å². The molecule has 13 heteroatoms. The second kappa shape index (κ2) is 13.0. The predicted molar refractivity (Wildman–Crippen MR) is 183 cm³/mol. The van der Waals surface area contributed by atoms with Gasteiger partial charge in [-0.25, -0.2) is 0 Å². The molecule has 5 saturated carbocycles. The molecule has 21 atom stereocenters. The van der Waals surface area contributed by atoms with Crippen LogP contribution in [0.15, 0.2) is 0 Å². The first kappa shape index (κ1) is 38.4. The van der Waals surface area contributed by atoms with Crippen LogP contribution in [0.5, 0.6) is 0 Å². The number of fused-ring (bicyclic) bond motifs is 4. The van der Waals surface area contributed by atoms with Crippen molar-refractivity contribution < 1.29 is 64.2 Å². The zero-order chi connectivity index (χ0) is 37.3. The molecule has 8 fully saturated rings. The summed E-state index contributed by atoms with van der Waals surface area (Å²) in [7, 11) is 0. The molecule has 0 radical (unpaired) electrons. The zero-order valence-corrected chi connectivity index (χ0v) is 31.7. The van der Waals surface area contributed by atoms with Gasteiger partial charge in [0.2, 0.25) is 0 Å². The minimum absolute atomic E-state index is 0.0259. The van der Waals surface area contributed by atoms with Gasteiger partial charge in [0, 0.05) is 12.5 Å². The molecule has 21 unspecified atom stereocenters. The molecule has 8 aliphatic rings. The lowest BCUT2D eigenvalue weighted by molar-refractivity contribution is -0.335. The van der Waals surface area contributed by atoms with Crippen LogP contribution >= 0.6 is 0 Å². The van der Waals surface area contributed by atoms with Crippen LogP contribution in [0.1, 0.15) is 92.9 Å². The summed E-state index contributed by atoms with van der Waals surface area (Å²) in [4.78, 5) is 0. The van der Waals surface area contributed by atoms with Crippen molar-refractivity contribution in [2.75, 3.05) is 19.8 Å². The quantitative estimate of drug-likeness (QED) is 0.186. The summed E-state index contributed by atoms with van der Waals surface area (Å²) in [6, 6.07) is 0. The summed E-state index contributed by atoms with van der Waals surface area (Å²) in [6.07, 6.45) is -5.34. The van der Waals surface area contributed by atoms with Crippen molar-refractivity contribution in [3.63, 3.8) is 0 Å². The first-order chi connectivity index (χ1) is 24.5. The largest absolute Gasteiger partial charge is 0.394 e. The van der Waals surface area contributed by atoms with E-state index in [0.29, 0.717) is 18.9 Å². The van der Waals surface area contributed by atoms with Gasteiger partial charge in [-0.1, -0.05) is 34.6 Å². The van der Waals surface area contributed by atoms with E-state index in [1.807, 2.05) is 6.92 Å². The van der Waals surface area contributed by atoms with Crippen LogP contribution in [0.3, 0.4) is 0 Å². The van der Waals surface area contributed by atoms with Gasteiger partial charge in [-0.3, -0.25) is 0 Å². The molecule has 3 saturated heterocycles. The van der Waals surface area contributed by atoms with E-state index >= 15 is 0 Å². The molecular weight excluding hydrogens is 676 g/mol. The second-order valence-corrected chi connectivity index (χ2v) is 19.2. The lowest BCUT2D eigenvalue weighted by Crippen LogP contribution is -2.65. The summed E-state index contributed by atoms with van der Waals surface area (Å²) in [5.41, 5.74) is -0.670. The van der Waals surface area contributed by atoms with Crippen molar-refractivity contribution in [3.05, 3.63) is 0 Å². The Morgan fingerprint density at radius 3 is 2.19 bits per heavy atom. The fourth-order valence-electron chi connectivity index (χ4n) is 14.0. The Morgan fingerprint density at radius 2 is 1.48 bits per heavy atom. The van der Waals surface area contributed by atoms with Gasteiger partial charge >= 0.3 is 0 Å². The van der Waals surface area contributed by atoms with Gasteiger partial charge < -0.3 is 64.2 Å². The lowest BCUT2D eigenvalue weighted by atomic mass is 9.41. The molecule has 2 spiro atoms. The Hall–Kier alpha value is -0.520. The molecule has 298 valence electrons. The number of rotatable bonds is 7. The monoisotopic (exact) mass is 740 g/mol. The maximum absolute atomic E-state index is 11.3. The van der Waals surface area contributed by atoms with E-state index in [-0.39, 0.29) is 64.5 Å². The first-order valence-electron chi connectivity index (χ1n) is 20.0. The van der Waals surface area contributed by atoms with Crippen molar-refractivity contribution >= 4 is 0 Å². The van der Waals surface area contributed by atoms with E-state index in [9.17, 15) is 35.7 Å². The van der Waals surface area contributed by atoms with Gasteiger partial charge in [0.15, 0.2) is 18.9 Å². The Morgan fingerprint density at radius 1 is 0.750 bits per heavy atom. The molecular formula is C39H64O13. The molecule has 0 aromatic heterocycles. The molecule has 5 aliphatic carbocycles. The summed E-state index contributed by atoms with van der Waals surface area (Å²) >= 11 is 0. The number of hydrogen-bond donors (Lipinski definition) is 7. The molecule has 52 heavy (non-hydrogen) atoms. The molecule has 0 aromatic rings. The van der Waals surface area contributed by atoms with E-state index in [2.05, 4.69) is 34.6 Å². The van der Waals surface area contributed by atoms with E-state index in [0.717, 1.165) is 44.9 Å². The standard InChI is InChI=1S/C39H64O13/c1-7-47-32-18(2)12-19-22(50-32)14-37(6)31-21(49-34-30(46)28(44)27(43)23(15-40)51-34)13-24-35(3,4)25(52-33-29(45)26(42)20(41)16-48-33)8-9-38(24)17-39(31,38)11-10-36(19,37)5/h18-34,40-46H,7-17H2,1-6H3. The molecule has 0 amide bonds. The van der Waals surface area contributed by atoms with E-state index < -0.39 is 73.4 Å². The normalized spacial score (nSPS) is 59.4.